The summed E-state index contributed by atoms with van der Waals surface area (Å²) in [4.78, 5) is 25.9. The van der Waals surface area contributed by atoms with Crippen LogP contribution in [-0.4, -0.2) is 34.8 Å². The number of fused-ring (bicyclic) bond motifs is 3. The van der Waals surface area contributed by atoms with Crippen molar-refractivity contribution in [1.29, 1.82) is 0 Å². The molecule has 0 radical (unpaired) electrons. The Balaban J connectivity index is 1.55. The Morgan fingerprint density at radius 1 is 0.909 bits per heavy atom. The molecule has 0 saturated carbocycles. The van der Waals surface area contributed by atoms with Crippen LogP contribution in [-0.2, 0) is 20.5 Å². The molecule has 2 aromatic carbocycles. The van der Waals surface area contributed by atoms with Crippen molar-refractivity contribution in [3.63, 3.8) is 0 Å². The molecule has 0 fully saturated rings. The summed E-state index contributed by atoms with van der Waals surface area (Å²) < 4.78 is 14.7. The van der Waals surface area contributed by atoms with Crippen LogP contribution in [0.5, 0.6) is 11.5 Å². The maximum atomic E-state index is 13.0. The van der Waals surface area contributed by atoms with Crippen molar-refractivity contribution < 1.29 is 14.3 Å². The second-order valence-electron chi connectivity index (χ2n) is 7.89. The third-order valence-corrected chi connectivity index (χ3v) is 5.83. The zero-order valence-electron chi connectivity index (χ0n) is 19.5. The number of pyridine rings is 1. The fraction of sp³-hybridized carbons (Fsp3) is 0.308. The van der Waals surface area contributed by atoms with E-state index < -0.39 is 0 Å². The molecular formula is C26H29N3O4. The molecule has 1 N–H and O–H groups in total. The Morgan fingerprint density at radius 3 is 2.39 bits per heavy atom. The number of rotatable bonds is 8. The summed E-state index contributed by atoms with van der Waals surface area (Å²) in [5, 5.41) is 4.46. The van der Waals surface area contributed by atoms with E-state index in [0.29, 0.717) is 43.0 Å². The molecule has 4 aromatic rings. The van der Waals surface area contributed by atoms with Crippen LogP contribution in [0.25, 0.3) is 21.8 Å². The summed E-state index contributed by atoms with van der Waals surface area (Å²) in [6.45, 7) is 5.45. The van der Waals surface area contributed by atoms with Gasteiger partial charge in [-0.05, 0) is 50.1 Å². The highest BCUT2D eigenvalue weighted by molar-refractivity contribution is 6.08. The Labute approximate surface area is 192 Å². The number of ether oxygens (including phenoxy) is 2. The molecule has 0 bridgehead atoms. The van der Waals surface area contributed by atoms with Gasteiger partial charge in [-0.25, -0.2) is 0 Å². The second kappa shape index (κ2) is 9.40. The third kappa shape index (κ3) is 4.18. The quantitative estimate of drug-likeness (QED) is 0.446. The number of para-hydroxylation sites is 1. The molecule has 33 heavy (non-hydrogen) atoms. The summed E-state index contributed by atoms with van der Waals surface area (Å²) in [5.74, 6) is 1.21. The second-order valence-corrected chi connectivity index (χ2v) is 7.89. The third-order valence-electron chi connectivity index (χ3n) is 5.83. The lowest BCUT2D eigenvalue weighted by molar-refractivity contribution is 0.0946. The van der Waals surface area contributed by atoms with Crippen LogP contribution in [0.2, 0.25) is 0 Å². The first-order chi connectivity index (χ1) is 16.0. The molecule has 172 valence electrons. The minimum atomic E-state index is -0.212. The van der Waals surface area contributed by atoms with Crippen LogP contribution in [0, 0.1) is 0 Å². The van der Waals surface area contributed by atoms with Crippen molar-refractivity contribution in [1.82, 2.24) is 14.5 Å². The topological polar surface area (TPSA) is 74.5 Å². The Morgan fingerprint density at radius 2 is 1.64 bits per heavy atom. The average Bonchev–Trinajstić information content (AvgIpc) is 3.17. The van der Waals surface area contributed by atoms with Gasteiger partial charge in [-0.15, -0.1) is 0 Å². The van der Waals surface area contributed by atoms with Gasteiger partial charge in [-0.3, -0.25) is 9.59 Å². The van der Waals surface area contributed by atoms with E-state index in [1.165, 1.54) is 0 Å². The highest BCUT2D eigenvalue weighted by Crippen LogP contribution is 2.29. The maximum absolute atomic E-state index is 13.0. The van der Waals surface area contributed by atoms with Crippen LogP contribution in [0.4, 0.5) is 0 Å². The zero-order valence-corrected chi connectivity index (χ0v) is 19.5. The molecule has 0 saturated heterocycles. The number of nitrogens with zero attached hydrogens (tertiary/aromatic N) is 2. The highest BCUT2D eigenvalue weighted by atomic mass is 16.5. The first-order valence-corrected chi connectivity index (χ1v) is 11.2. The molecular weight excluding hydrogens is 418 g/mol. The van der Waals surface area contributed by atoms with Crippen molar-refractivity contribution in [3.05, 3.63) is 70.1 Å². The zero-order chi connectivity index (χ0) is 23.5. The number of carbonyl (C=O) groups excluding carboxylic acids is 1. The number of aryl methyl sites for hydroxylation is 2. The van der Waals surface area contributed by atoms with Gasteiger partial charge in [0.2, 0.25) is 0 Å². The maximum Gasteiger partial charge on any atom is 0.267 e. The lowest BCUT2D eigenvalue weighted by atomic mass is 10.1. The van der Waals surface area contributed by atoms with Crippen LogP contribution in [0.1, 0.15) is 29.9 Å². The Kier molecular flexibility index (Phi) is 6.40. The van der Waals surface area contributed by atoms with Gasteiger partial charge in [-0.1, -0.05) is 24.3 Å². The number of aromatic nitrogens is 2. The molecule has 0 aliphatic carbocycles. The lowest BCUT2D eigenvalue weighted by Crippen LogP contribution is -2.27. The molecule has 0 atom stereocenters. The number of benzene rings is 2. The molecule has 0 spiro atoms. The molecule has 0 aliphatic heterocycles. The number of hydrogen-bond acceptors (Lipinski definition) is 4. The van der Waals surface area contributed by atoms with Gasteiger partial charge in [0.05, 0.1) is 29.6 Å². The van der Waals surface area contributed by atoms with E-state index in [4.69, 9.17) is 9.47 Å². The summed E-state index contributed by atoms with van der Waals surface area (Å²) >= 11 is 0. The summed E-state index contributed by atoms with van der Waals surface area (Å²) in [7, 11) is 3.58. The number of hydrogen-bond donors (Lipinski definition) is 1. The van der Waals surface area contributed by atoms with E-state index in [1.807, 2.05) is 63.4 Å². The molecule has 1 amide bonds. The molecule has 2 heterocycles. The van der Waals surface area contributed by atoms with Gasteiger partial charge in [-0.2, -0.15) is 0 Å². The largest absolute Gasteiger partial charge is 0.490 e. The van der Waals surface area contributed by atoms with Crippen molar-refractivity contribution in [2.45, 2.75) is 20.3 Å². The van der Waals surface area contributed by atoms with Gasteiger partial charge >= 0.3 is 0 Å². The van der Waals surface area contributed by atoms with Crippen LogP contribution >= 0.6 is 0 Å². The standard InChI is InChI=1S/C26H29N3O4/c1-5-32-22-12-11-17(15-23(22)33-6-2)13-14-27-25(30)21-16-19-24(28(21)3)18-9-7-8-10-20(18)29(4)26(19)31/h7-12,15-16H,5-6,13-14H2,1-4H3,(H,27,30). The minimum absolute atomic E-state index is 0.115. The van der Waals surface area contributed by atoms with E-state index in [1.54, 1.807) is 22.2 Å². The van der Waals surface area contributed by atoms with E-state index in [9.17, 15) is 9.59 Å². The van der Waals surface area contributed by atoms with E-state index in [2.05, 4.69) is 5.32 Å². The normalized spacial score (nSPS) is 11.2. The van der Waals surface area contributed by atoms with Crippen LogP contribution in [0.3, 0.4) is 0 Å². The van der Waals surface area contributed by atoms with Crippen molar-refractivity contribution in [3.8, 4) is 11.5 Å². The Hall–Kier alpha value is -3.74. The van der Waals surface area contributed by atoms with Gasteiger partial charge < -0.3 is 23.9 Å². The van der Waals surface area contributed by atoms with E-state index in [-0.39, 0.29) is 11.5 Å². The lowest BCUT2D eigenvalue weighted by Gasteiger charge is -2.13. The predicted molar refractivity (Wildman–Crippen MR) is 130 cm³/mol. The highest BCUT2D eigenvalue weighted by Gasteiger charge is 2.18. The summed E-state index contributed by atoms with van der Waals surface area (Å²) in [5.41, 5.74) is 2.99. The Bertz CT molecular complexity index is 1380. The predicted octanol–water partition coefficient (Wildman–Crippen LogP) is 3.80. The molecule has 2 aromatic heterocycles. The monoisotopic (exact) mass is 447 g/mol. The van der Waals surface area contributed by atoms with E-state index in [0.717, 1.165) is 27.7 Å². The van der Waals surface area contributed by atoms with Gasteiger partial charge in [0.15, 0.2) is 11.5 Å². The van der Waals surface area contributed by atoms with Crippen molar-refractivity contribution >= 4 is 27.7 Å². The number of amides is 1. The average molecular weight is 448 g/mol. The molecule has 7 heteroatoms. The molecule has 7 nitrogen and oxygen atoms in total. The van der Waals surface area contributed by atoms with Crippen molar-refractivity contribution in [2.24, 2.45) is 14.1 Å². The summed E-state index contributed by atoms with van der Waals surface area (Å²) in [6, 6.07) is 15.2. The molecule has 4 rings (SSSR count). The number of nitrogens with one attached hydrogen (secondary N) is 1. The van der Waals surface area contributed by atoms with Gasteiger partial charge in [0, 0.05) is 26.0 Å². The fourth-order valence-corrected chi connectivity index (χ4v) is 4.23. The van der Waals surface area contributed by atoms with E-state index >= 15 is 0 Å². The SMILES string of the molecule is CCOc1ccc(CCNC(=O)c2cc3c(=O)n(C)c4ccccc4c3n2C)cc1OCC. The summed E-state index contributed by atoms with van der Waals surface area (Å²) in [6.07, 6.45) is 0.646. The first kappa shape index (κ1) is 22.5. The minimum Gasteiger partial charge on any atom is -0.490 e. The van der Waals surface area contributed by atoms with Crippen LogP contribution < -0.4 is 20.3 Å². The molecule has 0 aliphatic rings. The molecule has 0 unspecified atom stereocenters. The van der Waals surface area contributed by atoms with Gasteiger partial charge in [0.25, 0.3) is 11.5 Å². The van der Waals surface area contributed by atoms with Gasteiger partial charge in [0.1, 0.15) is 5.69 Å². The van der Waals surface area contributed by atoms with Crippen molar-refractivity contribution in [2.75, 3.05) is 19.8 Å². The number of carbonyl (C=O) groups is 1. The first-order valence-electron chi connectivity index (χ1n) is 11.2. The smallest absolute Gasteiger partial charge is 0.267 e. The van der Waals surface area contributed by atoms with Crippen LogP contribution in [0.15, 0.2) is 53.3 Å². The fourth-order valence-electron chi connectivity index (χ4n) is 4.23.